The third-order valence-electron chi connectivity index (χ3n) is 2.10. The number of aromatic nitrogens is 1. The normalized spacial score (nSPS) is 9.41. The van der Waals surface area contributed by atoms with Crippen LogP contribution in [-0.2, 0) is 4.79 Å². The second-order valence-electron chi connectivity index (χ2n) is 3.89. The number of thiol groups is 1. The summed E-state index contributed by atoms with van der Waals surface area (Å²) in [5, 5.41) is 51.2. The fourth-order valence-electron chi connectivity index (χ4n) is 1.15. The Morgan fingerprint density at radius 3 is 1.89 bits per heavy atom. The van der Waals surface area contributed by atoms with Gasteiger partial charge in [0.2, 0.25) is 0 Å². The van der Waals surface area contributed by atoms with Crippen LogP contribution in [0.15, 0.2) is 36.5 Å². The molecule has 1 atom stereocenters. The largest absolute Gasteiger partial charge is 4.00 e. The average Bonchev–Trinajstić information content (AvgIpc) is 2.54. The number of rotatable bonds is 2. The van der Waals surface area contributed by atoms with Crippen LogP contribution in [0.1, 0.15) is 0 Å². The fraction of sp³-hybridized carbons (Fsp3) is 0.167. The van der Waals surface area contributed by atoms with Crippen LogP contribution in [0, 0.1) is 70.6 Å². The van der Waals surface area contributed by atoms with Crippen molar-refractivity contribution >= 4 is 29.5 Å². The van der Waals surface area contributed by atoms with E-state index in [0.717, 1.165) is 5.39 Å². The minimum Gasteiger partial charge on any atom is -0.871 e. The van der Waals surface area contributed by atoms with E-state index < -0.39 is 22.2 Å². The van der Waals surface area contributed by atoms with Gasteiger partial charge in [-0.1, -0.05) is 30.0 Å². The number of fused-ring (bicyclic) bond motifs is 1. The topological polar surface area (TPSA) is 234 Å². The summed E-state index contributed by atoms with van der Waals surface area (Å²) in [6, 6.07) is 7.92. The van der Waals surface area contributed by atoms with Crippen molar-refractivity contribution in [2.24, 2.45) is 5.73 Å². The van der Waals surface area contributed by atoms with Gasteiger partial charge in [-0.15, -0.1) is 0 Å². The molecule has 0 aliphatic rings. The van der Waals surface area contributed by atoms with Crippen molar-refractivity contribution in [2.45, 2.75) is 6.04 Å². The Kier molecular flexibility index (Phi) is 19.1. The van der Waals surface area contributed by atoms with Gasteiger partial charge in [-0.05, 0) is 11.5 Å². The molecule has 0 spiro atoms. The average molecular weight is 620 g/mol. The molecule has 0 aliphatic carbocycles. The third kappa shape index (κ3) is 18.5. The van der Waals surface area contributed by atoms with Crippen LogP contribution in [0.5, 0.6) is 5.75 Å². The molecule has 2 N–H and O–H groups in total. The molecule has 2 aromatic rings. The molecule has 1 aromatic heterocycles. The maximum Gasteiger partial charge on any atom is 4.00 e. The third-order valence-corrected chi connectivity index (χ3v) is 2.49. The molecule has 0 fully saturated rings. The first kappa shape index (κ1) is 29.7. The maximum absolute atomic E-state index is 11.1. The zero-order valence-electron chi connectivity index (χ0n) is 13.3. The minimum atomic E-state index is -1.75. The Morgan fingerprint density at radius 2 is 1.56 bits per heavy atom. The number of nitrogens with two attached hydrogens (primary N) is 1. The van der Waals surface area contributed by atoms with Gasteiger partial charge in [0.1, 0.15) is 0 Å². The van der Waals surface area contributed by atoms with Gasteiger partial charge in [-0.2, -0.15) is 12.6 Å². The smallest absolute Gasteiger partial charge is 0.871 e. The summed E-state index contributed by atoms with van der Waals surface area (Å²) in [4.78, 5) is 30.1. The van der Waals surface area contributed by atoms with Crippen molar-refractivity contribution in [3.05, 3.63) is 67.2 Å². The number of nitrogens with zero attached hydrogens (tertiary/aromatic N) is 3. The number of hydrogen-bond donors (Lipinski definition) is 2. The minimum absolute atomic E-state index is 0. The van der Waals surface area contributed by atoms with Crippen LogP contribution >= 0.6 is 12.6 Å². The second kappa shape index (κ2) is 17.4. The fourth-order valence-corrected chi connectivity index (χ4v) is 1.30. The van der Waals surface area contributed by atoms with Gasteiger partial charge < -0.3 is 51.4 Å². The molecule has 1 aromatic carbocycles. The number of carboxylic acids is 1. The van der Waals surface area contributed by atoms with Crippen molar-refractivity contribution in [3.63, 3.8) is 0 Å². The van der Waals surface area contributed by atoms with E-state index in [4.69, 9.17) is 36.4 Å². The molecular formula is C12H12N4O9STh. The van der Waals surface area contributed by atoms with Crippen LogP contribution in [0.4, 0.5) is 0 Å². The van der Waals surface area contributed by atoms with Crippen molar-refractivity contribution < 1.29 is 65.1 Å². The molecule has 2 rings (SSSR count). The number of carbonyl (C=O) groups excluding carboxylic acids is 1. The molecular weight excluding hydrogens is 608 g/mol. The van der Waals surface area contributed by atoms with Gasteiger partial charge in [0.15, 0.2) is 0 Å². The number of benzene rings is 1. The first-order chi connectivity index (χ1) is 12.0. The summed E-state index contributed by atoms with van der Waals surface area (Å²) >= 11 is 3.61. The van der Waals surface area contributed by atoms with Crippen molar-refractivity contribution in [1.82, 2.24) is 4.98 Å². The zero-order valence-corrected chi connectivity index (χ0v) is 18.3. The van der Waals surface area contributed by atoms with Gasteiger partial charge in [0, 0.05) is 11.9 Å². The number of hydrogen-bond acceptors (Lipinski definition) is 12. The van der Waals surface area contributed by atoms with E-state index in [1.54, 1.807) is 12.3 Å². The van der Waals surface area contributed by atoms with E-state index in [2.05, 4.69) is 17.6 Å². The molecule has 0 radical (unpaired) electrons. The number of carboxylic acid groups (broad SMARTS) is 1. The Bertz CT molecular complexity index is 697. The first-order valence-electron chi connectivity index (χ1n) is 6.24. The standard InChI is InChI=1S/C9H7NO.C3H7NO2S.2NO3.Th/c11-8-5-1-3-7-4-2-6-10-9(7)8;4-2(1-7)3(5)6;2*2-1(3)4;/h1-6,11H;2,7H,1,4H2,(H,5,6);;;/q;;2*-1;+4/p-2. The number of carbonyl (C=O) groups is 1. The number of para-hydroxylation sites is 1. The number of aliphatic carboxylic acids is 1. The molecule has 0 saturated carbocycles. The molecule has 1 heterocycles. The quantitative estimate of drug-likeness (QED) is 0.230. The summed E-state index contributed by atoms with van der Waals surface area (Å²) in [5.41, 5.74) is 5.43. The van der Waals surface area contributed by atoms with E-state index in [1.807, 2.05) is 18.2 Å². The SMILES string of the molecule is NC(CS)C(=O)[O-].O=[N+]([O-])[O-].O=[N+]([O-])[O-].[O-]c1cccc2cccnc12.[Th+4]. The predicted octanol–water partition coefficient (Wildman–Crippen LogP) is -1.18. The monoisotopic (exact) mass is 620 g/mol. The summed E-state index contributed by atoms with van der Waals surface area (Å²) in [6.45, 7) is 0. The van der Waals surface area contributed by atoms with Crippen LogP contribution in [0.2, 0.25) is 0 Å². The van der Waals surface area contributed by atoms with Gasteiger partial charge in [-0.3, -0.25) is 4.98 Å². The summed E-state index contributed by atoms with van der Waals surface area (Å²) in [5.74, 6) is -1.14. The molecule has 0 bridgehead atoms. The molecule has 0 saturated heterocycles. The van der Waals surface area contributed by atoms with Crippen molar-refractivity contribution in [1.29, 1.82) is 0 Å². The predicted molar refractivity (Wildman–Crippen MR) is 88.7 cm³/mol. The van der Waals surface area contributed by atoms with Crippen LogP contribution < -0.4 is 15.9 Å². The van der Waals surface area contributed by atoms with Crippen LogP contribution in [-0.4, -0.2) is 32.9 Å². The molecule has 13 nitrogen and oxygen atoms in total. The van der Waals surface area contributed by atoms with Gasteiger partial charge in [0.25, 0.3) is 0 Å². The van der Waals surface area contributed by atoms with Crippen molar-refractivity contribution in [2.75, 3.05) is 5.75 Å². The molecule has 1 unspecified atom stereocenters. The van der Waals surface area contributed by atoms with E-state index in [-0.39, 0.29) is 51.4 Å². The van der Waals surface area contributed by atoms with Gasteiger partial charge >= 0.3 is 39.9 Å². The van der Waals surface area contributed by atoms with Gasteiger partial charge in [-0.25, -0.2) is 0 Å². The molecule has 0 aliphatic heterocycles. The summed E-state index contributed by atoms with van der Waals surface area (Å²) in [6.07, 6.45) is 1.63. The Morgan fingerprint density at radius 1 is 1.11 bits per heavy atom. The van der Waals surface area contributed by atoms with Crippen molar-refractivity contribution in [3.8, 4) is 5.75 Å². The van der Waals surface area contributed by atoms with Crippen LogP contribution in [0.3, 0.4) is 0 Å². The molecule has 15 heteroatoms. The molecule has 144 valence electrons. The van der Waals surface area contributed by atoms with E-state index in [9.17, 15) is 15.0 Å². The van der Waals surface area contributed by atoms with E-state index in [0.29, 0.717) is 5.52 Å². The molecule has 27 heavy (non-hydrogen) atoms. The van der Waals surface area contributed by atoms with Gasteiger partial charge in [0.05, 0.1) is 27.7 Å². The van der Waals surface area contributed by atoms with E-state index >= 15 is 0 Å². The zero-order chi connectivity index (χ0) is 20.7. The Labute approximate surface area is 189 Å². The Hall–Kier alpha value is -2.07. The second-order valence-corrected chi connectivity index (χ2v) is 4.25. The summed E-state index contributed by atoms with van der Waals surface area (Å²) < 4.78 is 0. The maximum atomic E-state index is 11.1. The molecule has 0 amide bonds. The van der Waals surface area contributed by atoms with Crippen LogP contribution in [0.25, 0.3) is 10.9 Å². The van der Waals surface area contributed by atoms with E-state index in [1.165, 1.54) is 6.07 Å². The first-order valence-corrected chi connectivity index (χ1v) is 6.87. The summed E-state index contributed by atoms with van der Waals surface area (Å²) in [7, 11) is 0. The number of pyridine rings is 1. The Balaban J connectivity index is -0.000000315.